The van der Waals surface area contributed by atoms with E-state index in [2.05, 4.69) is 5.32 Å². The Bertz CT molecular complexity index is 847. The molecule has 134 valence electrons. The number of rotatable bonds is 5. The number of hydrogen-bond donors (Lipinski definition) is 1. The maximum atomic E-state index is 12.3. The van der Waals surface area contributed by atoms with Gasteiger partial charge < -0.3 is 5.32 Å². The molecule has 25 heavy (non-hydrogen) atoms. The molecule has 1 atom stereocenters. The molecule has 1 N–H and O–H groups in total. The van der Waals surface area contributed by atoms with Crippen molar-refractivity contribution < 1.29 is 22.8 Å². The number of benzene rings is 1. The van der Waals surface area contributed by atoms with Gasteiger partial charge in [0.15, 0.2) is 9.84 Å². The summed E-state index contributed by atoms with van der Waals surface area (Å²) >= 11 is 0. The number of nitrogens with zero attached hydrogens (tertiary/aromatic N) is 1. The summed E-state index contributed by atoms with van der Waals surface area (Å²) < 4.78 is 22.8. The summed E-state index contributed by atoms with van der Waals surface area (Å²) in [6.07, 6.45) is 0.921. The van der Waals surface area contributed by atoms with Gasteiger partial charge in [-0.15, -0.1) is 0 Å². The lowest BCUT2D eigenvalue weighted by Crippen LogP contribution is -2.36. The summed E-state index contributed by atoms with van der Waals surface area (Å²) in [5.41, 5.74) is 1.72. The average Bonchev–Trinajstić information content (AvgIpc) is 2.99. The van der Waals surface area contributed by atoms with Crippen LogP contribution in [-0.2, 0) is 14.6 Å². The van der Waals surface area contributed by atoms with E-state index in [-0.39, 0.29) is 48.2 Å². The third kappa shape index (κ3) is 3.73. The molecule has 0 spiro atoms. The Kier molecular flexibility index (Phi) is 4.64. The monoisotopic (exact) mass is 364 g/mol. The second-order valence-electron chi connectivity index (χ2n) is 6.58. The first-order chi connectivity index (χ1) is 11.8. The fourth-order valence-electron chi connectivity index (χ4n) is 3.21. The zero-order valence-electron chi connectivity index (χ0n) is 13.9. The van der Waals surface area contributed by atoms with Crippen LogP contribution in [0, 0.1) is 6.92 Å². The highest BCUT2D eigenvalue weighted by Gasteiger charge is 2.35. The lowest BCUT2D eigenvalue weighted by Gasteiger charge is -2.14. The van der Waals surface area contributed by atoms with E-state index in [0.29, 0.717) is 24.0 Å². The molecule has 1 unspecified atom stereocenters. The number of nitrogens with one attached hydrogen (secondary N) is 1. The second-order valence-corrected chi connectivity index (χ2v) is 8.81. The molecule has 1 fully saturated rings. The van der Waals surface area contributed by atoms with Crippen molar-refractivity contribution in [2.24, 2.45) is 0 Å². The molecule has 2 aliphatic heterocycles. The van der Waals surface area contributed by atoms with Gasteiger partial charge in [-0.3, -0.25) is 19.3 Å². The predicted molar refractivity (Wildman–Crippen MR) is 91.0 cm³/mol. The van der Waals surface area contributed by atoms with Crippen molar-refractivity contribution in [3.8, 4) is 0 Å². The highest BCUT2D eigenvalue weighted by Crippen LogP contribution is 2.24. The van der Waals surface area contributed by atoms with E-state index in [1.54, 1.807) is 18.2 Å². The molecule has 0 saturated carbocycles. The Morgan fingerprint density at radius 3 is 2.64 bits per heavy atom. The number of hydrogen-bond acceptors (Lipinski definition) is 5. The largest absolute Gasteiger partial charge is 0.352 e. The van der Waals surface area contributed by atoms with Gasteiger partial charge >= 0.3 is 0 Å². The van der Waals surface area contributed by atoms with Crippen molar-refractivity contribution in [3.05, 3.63) is 34.9 Å². The van der Waals surface area contributed by atoms with Crippen LogP contribution in [0.4, 0.5) is 0 Å². The van der Waals surface area contributed by atoms with Crippen LogP contribution >= 0.6 is 0 Å². The molecule has 8 heteroatoms. The topological polar surface area (TPSA) is 101 Å². The molecule has 0 aromatic heterocycles. The lowest BCUT2D eigenvalue weighted by atomic mass is 10.1. The van der Waals surface area contributed by atoms with E-state index < -0.39 is 9.84 Å². The minimum absolute atomic E-state index is 0.0174. The van der Waals surface area contributed by atoms with Crippen molar-refractivity contribution in [3.63, 3.8) is 0 Å². The molecule has 1 aromatic rings. The van der Waals surface area contributed by atoms with Crippen LogP contribution in [0.15, 0.2) is 18.2 Å². The second kappa shape index (κ2) is 6.59. The van der Waals surface area contributed by atoms with Crippen LogP contribution in [0.3, 0.4) is 0 Å². The number of imide groups is 1. The molecular formula is C17H20N2O5S. The van der Waals surface area contributed by atoms with E-state index in [4.69, 9.17) is 0 Å². The molecule has 1 aromatic carbocycles. The molecule has 3 rings (SSSR count). The number of aryl methyl sites for hydroxylation is 1. The smallest absolute Gasteiger partial charge is 0.261 e. The van der Waals surface area contributed by atoms with Gasteiger partial charge in [-0.05, 0) is 31.9 Å². The van der Waals surface area contributed by atoms with Gasteiger partial charge in [-0.25, -0.2) is 8.42 Å². The molecule has 2 aliphatic rings. The maximum Gasteiger partial charge on any atom is 0.261 e. The first-order valence-electron chi connectivity index (χ1n) is 8.23. The van der Waals surface area contributed by atoms with Gasteiger partial charge in [0.05, 0.1) is 22.6 Å². The van der Waals surface area contributed by atoms with Gasteiger partial charge in [0, 0.05) is 19.0 Å². The Balaban J connectivity index is 1.50. The number of carbonyl (C=O) groups is 3. The number of amides is 3. The van der Waals surface area contributed by atoms with Crippen molar-refractivity contribution in [2.45, 2.75) is 32.2 Å². The zero-order chi connectivity index (χ0) is 18.2. The highest BCUT2D eigenvalue weighted by molar-refractivity contribution is 7.91. The summed E-state index contributed by atoms with van der Waals surface area (Å²) in [6.45, 7) is 2.02. The summed E-state index contributed by atoms with van der Waals surface area (Å²) in [4.78, 5) is 37.7. The first kappa shape index (κ1) is 17.6. The fraction of sp³-hybridized carbons (Fsp3) is 0.471. The Hall–Kier alpha value is -2.22. The van der Waals surface area contributed by atoms with Crippen LogP contribution in [0.5, 0.6) is 0 Å². The molecule has 3 amide bonds. The molecule has 7 nitrogen and oxygen atoms in total. The van der Waals surface area contributed by atoms with Crippen LogP contribution < -0.4 is 5.32 Å². The SMILES string of the molecule is Cc1ccc2c(c1)C(=O)N(CCCC(=O)NC1CCS(=O)(=O)C1)C2=O. The third-order valence-electron chi connectivity index (χ3n) is 4.51. The van der Waals surface area contributed by atoms with E-state index in [0.717, 1.165) is 10.5 Å². The quantitative estimate of drug-likeness (QED) is 0.774. The highest BCUT2D eigenvalue weighted by atomic mass is 32.2. The van der Waals surface area contributed by atoms with Crippen molar-refractivity contribution >= 4 is 27.6 Å². The molecule has 1 saturated heterocycles. The minimum Gasteiger partial charge on any atom is -0.352 e. The van der Waals surface area contributed by atoms with E-state index in [9.17, 15) is 22.8 Å². The normalized spacial score (nSPS) is 21.5. The number of carbonyl (C=O) groups excluding carboxylic acids is 3. The predicted octanol–water partition coefficient (Wildman–Crippen LogP) is 0.675. The van der Waals surface area contributed by atoms with Crippen molar-refractivity contribution in [1.82, 2.24) is 10.2 Å². The zero-order valence-corrected chi connectivity index (χ0v) is 14.8. The molecular weight excluding hydrogens is 344 g/mol. The average molecular weight is 364 g/mol. The van der Waals surface area contributed by atoms with Crippen LogP contribution in [0.25, 0.3) is 0 Å². The maximum absolute atomic E-state index is 12.3. The van der Waals surface area contributed by atoms with E-state index in [1.165, 1.54) is 0 Å². The van der Waals surface area contributed by atoms with Crippen LogP contribution in [0.2, 0.25) is 0 Å². The summed E-state index contributed by atoms with van der Waals surface area (Å²) in [5, 5.41) is 2.70. The van der Waals surface area contributed by atoms with Crippen molar-refractivity contribution in [1.29, 1.82) is 0 Å². The summed E-state index contributed by atoms with van der Waals surface area (Å²) in [5.74, 6) is -0.828. The van der Waals surface area contributed by atoms with Gasteiger partial charge in [0.2, 0.25) is 5.91 Å². The molecule has 2 heterocycles. The van der Waals surface area contributed by atoms with Gasteiger partial charge in [-0.2, -0.15) is 0 Å². The van der Waals surface area contributed by atoms with Gasteiger partial charge in [0.25, 0.3) is 11.8 Å². The van der Waals surface area contributed by atoms with Crippen LogP contribution in [-0.4, -0.2) is 55.1 Å². The van der Waals surface area contributed by atoms with Gasteiger partial charge in [-0.1, -0.05) is 11.6 Å². The Labute approximate surface area is 146 Å². The van der Waals surface area contributed by atoms with E-state index in [1.807, 2.05) is 6.92 Å². The molecule has 0 radical (unpaired) electrons. The first-order valence-corrected chi connectivity index (χ1v) is 10.1. The van der Waals surface area contributed by atoms with E-state index >= 15 is 0 Å². The minimum atomic E-state index is -3.04. The third-order valence-corrected chi connectivity index (χ3v) is 6.28. The Morgan fingerprint density at radius 2 is 1.96 bits per heavy atom. The van der Waals surface area contributed by atoms with Crippen LogP contribution in [0.1, 0.15) is 45.5 Å². The summed E-state index contributed by atoms with van der Waals surface area (Å²) in [6, 6.07) is 4.80. The standard InChI is InChI=1S/C17H20N2O5S/c1-11-4-5-13-14(9-11)17(22)19(16(13)21)7-2-3-15(20)18-12-6-8-25(23,24)10-12/h4-5,9,12H,2-3,6-8,10H2,1H3,(H,18,20). The molecule has 0 aliphatic carbocycles. The van der Waals surface area contributed by atoms with Crippen molar-refractivity contribution in [2.75, 3.05) is 18.1 Å². The lowest BCUT2D eigenvalue weighted by molar-refractivity contribution is -0.121. The summed E-state index contributed by atoms with van der Waals surface area (Å²) in [7, 11) is -3.04. The van der Waals surface area contributed by atoms with Gasteiger partial charge in [0.1, 0.15) is 0 Å². The Morgan fingerprint density at radius 1 is 1.24 bits per heavy atom. The number of sulfone groups is 1. The number of fused-ring (bicyclic) bond motifs is 1. The molecule has 0 bridgehead atoms. The fourth-order valence-corrected chi connectivity index (χ4v) is 4.89.